The molecule has 0 spiro atoms. The number of methoxy groups -OCH3 is 1. The zero-order valence-corrected chi connectivity index (χ0v) is 12.0. The Hall–Kier alpha value is -1.36. The van der Waals surface area contributed by atoms with Crippen LogP contribution in [0.1, 0.15) is 34.1 Å². The van der Waals surface area contributed by atoms with E-state index < -0.39 is 5.97 Å². The Balaban J connectivity index is 3.15. The van der Waals surface area contributed by atoms with Gasteiger partial charge in [-0.25, -0.2) is 4.79 Å². The van der Waals surface area contributed by atoms with Crippen molar-refractivity contribution in [2.24, 2.45) is 0 Å². The van der Waals surface area contributed by atoms with E-state index in [9.17, 15) is 9.59 Å². The molecule has 0 aliphatic heterocycles. The van der Waals surface area contributed by atoms with Gasteiger partial charge in [-0.3, -0.25) is 4.79 Å². The smallest absolute Gasteiger partial charge is 0.338 e. The Bertz CT molecular complexity index is 443. The molecular formula is C13H15BrO4. The highest BCUT2D eigenvalue weighted by atomic mass is 79.9. The topological polar surface area (TPSA) is 52.6 Å². The highest BCUT2D eigenvalue weighted by Crippen LogP contribution is 2.20. The van der Waals surface area contributed by atoms with Crippen LogP contribution in [0.15, 0.2) is 18.2 Å². The van der Waals surface area contributed by atoms with Crippen LogP contribution in [0.5, 0.6) is 5.75 Å². The number of hydrogen-bond donors (Lipinski definition) is 0. The number of ketones is 1. The molecule has 0 N–H and O–H groups in total. The lowest BCUT2D eigenvalue weighted by atomic mass is 10.0. The van der Waals surface area contributed by atoms with Crippen molar-refractivity contribution in [3.63, 3.8) is 0 Å². The predicted octanol–water partition coefficient (Wildman–Crippen LogP) is 2.84. The van der Waals surface area contributed by atoms with Gasteiger partial charge < -0.3 is 9.47 Å². The Labute approximate surface area is 114 Å². The van der Waals surface area contributed by atoms with Crippen LogP contribution in [0.3, 0.4) is 0 Å². The molecule has 0 amide bonds. The standard InChI is InChI=1S/C13H15BrO4/c1-3-18-13(16)11-8-9(17-2)4-5-10(11)12(15)6-7-14/h4-5,8H,3,6-7H2,1-2H3. The number of Topliss-reactive ketones (excluding diaryl/α,β-unsaturated/α-hetero) is 1. The van der Waals surface area contributed by atoms with E-state index in [1.54, 1.807) is 19.1 Å². The summed E-state index contributed by atoms with van der Waals surface area (Å²) in [5.74, 6) is -0.0830. The van der Waals surface area contributed by atoms with Gasteiger partial charge in [0.25, 0.3) is 0 Å². The van der Waals surface area contributed by atoms with Gasteiger partial charge in [0, 0.05) is 17.3 Å². The van der Waals surface area contributed by atoms with E-state index in [-0.39, 0.29) is 18.0 Å². The van der Waals surface area contributed by atoms with Gasteiger partial charge in [0.2, 0.25) is 0 Å². The van der Waals surface area contributed by atoms with Gasteiger partial charge in [0.05, 0.1) is 19.3 Å². The average molecular weight is 315 g/mol. The van der Waals surface area contributed by atoms with Gasteiger partial charge in [0.15, 0.2) is 5.78 Å². The molecule has 0 radical (unpaired) electrons. The molecule has 0 saturated heterocycles. The monoisotopic (exact) mass is 314 g/mol. The molecule has 0 unspecified atom stereocenters. The second-order valence-corrected chi connectivity index (χ2v) is 4.29. The van der Waals surface area contributed by atoms with E-state index in [0.29, 0.717) is 23.1 Å². The van der Waals surface area contributed by atoms with Gasteiger partial charge in [-0.2, -0.15) is 0 Å². The van der Waals surface area contributed by atoms with E-state index in [0.717, 1.165) is 0 Å². The maximum atomic E-state index is 11.9. The Kier molecular flexibility index (Phi) is 5.85. The summed E-state index contributed by atoms with van der Waals surface area (Å²) in [7, 11) is 1.50. The minimum atomic E-state index is -0.505. The lowest BCUT2D eigenvalue weighted by Crippen LogP contribution is -2.12. The van der Waals surface area contributed by atoms with Crippen molar-refractivity contribution in [1.29, 1.82) is 0 Å². The predicted molar refractivity (Wildman–Crippen MR) is 71.7 cm³/mol. The number of carbonyl (C=O) groups is 2. The SMILES string of the molecule is CCOC(=O)c1cc(OC)ccc1C(=O)CCBr. The molecule has 0 bridgehead atoms. The average Bonchev–Trinajstić information content (AvgIpc) is 2.38. The number of ether oxygens (including phenoxy) is 2. The van der Waals surface area contributed by atoms with E-state index in [4.69, 9.17) is 9.47 Å². The molecule has 0 fully saturated rings. The van der Waals surface area contributed by atoms with E-state index in [1.807, 2.05) is 0 Å². The molecule has 98 valence electrons. The summed E-state index contributed by atoms with van der Waals surface area (Å²) < 4.78 is 9.99. The van der Waals surface area contributed by atoms with Crippen molar-refractivity contribution in [3.8, 4) is 5.75 Å². The Morgan fingerprint density at radius 1 is 1.28 bits per heavy atom. The number of esters is 1. The fourth-order valence-corrected chi connectivity index (χ4v) is 1.85. The summed E-state index contributed by atoms with van der Waals surface area (Å²) in [6.07, 6.45) is 0.332. The van der Waals surface area contributed by atoms with Crippen molar-refractivity contribution in [1.82, 2.24) is 0 Å². The first kappa shape index (κ1) is 14.7. The van der Waals surface area contributed by atoms with Crippen molar-refractivity contribution in [2.45, 2.75) is 13.3 Å². The summed E-state index contributed by atoms with van der Waals surface area (Å²) in [5, 5.41) is 0.556. The van der Waals surface area contributed by atoms with Crippen molar-refractivity contribution in [3.05, 3.63) is 29.3 Å². The number of halogens is 1. The van der Waals surface area contributed by atoms with E-state index in [2.05, 4.69) is 15.9 Å². The number of carbonyl (C=O) groups excluding carboxylic acids is 2. The lowest BCUT2D eigenvalue weighted by Gasteiger charge is -2.09. The zero-order valence-electron chi connectivity index (χ0n) is 10.4. The summed E-state index contributed by atoms with van der Waals surface area (Å²) in [6, 6.07) is 4.78. The second kappa shape index (κ2) is 7.16. The number of benzene rings is 1. The molecule has 1 aromatic carbocycles. The molecule has 1 rings (SSSR count). The van der Waals surface area contributed by atoms with Crippen LogP contribution in [0.4, 0.5) is 0 Å². The molecule has 0 aliphatic carbocycles. The number of alkyl halides is 1. The fraction of sp³-hybridized carbons (Fsp3) is 0.385. The number of rotatable bonds is 6. The van der Waals surface area contributed by atoms with Crippen molar-refractivity contribution < 1.29 is 19.1 Å². The summed E-state index contributed by atoms with van der Waals surface area (Å²) >= 11 is 3.21. The fourth-order valence-electron chi connectivity index (χ4n) is 1.49. The molecule has 4 nitrogen and oxygen atoms in total. The molecule has 1 aromatic rings. The first-order chi connectivity index (χ1) is 8.63. The Morgan fingerprint density at radius 3 is 2.56 bits per heavy atom. The van der Waals surface area contributed by atoms with Crippen LogP contribution < -0.4 is 4.74 Å². The third-order valence-corrected chi connectivity index (χ3v) is 2.74. The summed E-state index contributed by atoms with van der Waals surface area (Å²) in [6.45, 7) is 1.99. The van der Waals surface area contributed by atoms with Crippen molar-refractivity contribution >= 4 is 27.7 Å². The quantitative estimate of drug-likeness (QED) is 0.460. The highest BCUT2D eigenvalue weighted by molar-refractivity contribution is 9.09. The van der Waals surface area contributed by atoms with E-state index in [1.165, 1.54) is 13.2 Å². The lowest BCUT2D eigenvalue weighted by molar-refractivity contribution is 0.0522. The van der Waals surface area contributed by atoms with Crippen LogP contribution in [0, 0.1) is 0 Å². The third-order valence-electron chi connectivity index (χ3n) is 2.34. The summed E-state index contributed by atoms with van der Waals surface area (Å²) in [4.78, 5) is 23.7. The molecule has 18 heavy (non-hydrogen) atoms. The molecule has 5 heteroatoms. The molecule has 0 aliphatic rings. The normalized spacial score (nSPS) is 9.94. The van der Waals surface area contributed by atoms with Crippen LogP contribution >= 0.6 is 15.9 Å². The van der Waals surface area contributed by atoms with Gasteiger partial charge in [-0.1, -0.05) is 15.9 Å². The van der Waals surface area contributed by atoms with Gasteiger partial charge >= 0.3 is 5.97 Å². The van der Waals surface area contributed by atoms with Gasteiger partial charge in [-0.15, -0.1) is 0 Å². The Morgan fingerprint density at radius 2 is 2.00 bits per heavy atom. The largest absolute Gasteiger partial charge is 0.497 e. The van der Waals surface area contributed by atoms with Gasteiger partial charge in [0.1, 0.15) is 5.75 Å². The minimum Gasteiger partial charge on any atom is -0.497 e. The molecule has 0 aromatic heterocycles. The summed E-state index contributed by atoms with van der Waals surface area (Å²) in [5.41, 5.74) is 0.621. The zero-order chi connectivity index (χ0) is 13.5. The highest BCUT2D eigenvalue weighted by Gasteiger charge is 2.18. The number of hydrogen-bond acceptors (Lipinski definition) is 4. The van der Waals surface area contributed by atoms with Gasteiger partial charge in [-0.05, 0) is 25.1 Å². The van der Waals surface area contributed by atoms with Crippen LogP contribution in [-0.2, 0) is 4.74 Å². The molecule has 0 heterocycles. The second-order valence-electron chi connectivity index (χ2n) is 3.49. The first-order valence-corrected chi connectivity index (χ1v) is 6.70. The van der Waals surface area contributed by atoms with Crippen LogP contribution in [0.25, 0.3) is 0 Å². The van der Waals surface area contributed by atoms with Crippen molar-refractivity contribution in [2.75, 3.05) is 19.0 Å². The van der Waals surface area contributed by atoms with Crippen LogP contribution in [0.2, 0.25) is 0 Å². The minimum absolute atomic E-state index is 0.0995. The third kappa shape index (κ3) is 3.57. The maximum Gasteiger partial charge on any atom is 0.338 e. The van der Waals surface area contributed by atoms with Crippen LogP contribution in [-0.4, -0.2) is 30.8 Å². The maximum absolute atomic E-state index is 11.9. The van der Waals surface area contributed by atoms with E-state index >= 15 is 0 Å². The molecule has 0 atom stereocenters. The first-order valence-electron chi connectivity index (χ1n) is 5.58. The molecular weight excluding hydrogens is 300 g/mol. The molecule has 0 saturated carbocycles.